The molecule has 0 atom stereocenters. The van der Waals surface area contributed by atoms with Crippen LogP contribution in [0.4, 0.5) is 13.2 Å². The van der Waals surface area contributed by atoms with Crippen molar-refractivity contribution in [2.75, 3.05) is 0 Å². The number of hydrogen-bond donors (Lipinski definition) is 0. The molecule has 0 heterocycles. The molecule has 0 saturated carbocycles. The number of rotatable bonds is 4. The molecule has 0 amide bonds. The zero-order valence-corrected chi connectivity index (χ0v) is 26.1. The van der Waals surface area contributed by atoms with E-state index in [4.69, 9.17) is 0 Å². The van der Waals surface area contributed by atoms with Crippen molar-refractivity contribution >= 4 is 25.5 Å². The van der Waals surface area contributed by atoms with E-state index in [0.29, 0.717) is 20.6 Å². The Kier molecular flexibility index (Phi) is 15.7. The summed E-state index contributed by atoms with van der Waals surface area (Å²) in [4.78, 5) is 0. The predicted molar refractivity (Wildman–Crippen MR) is 138 cm³/mol. The van der Waals surface area contributed by atoms with Crippen molar-refractivity contribution in [3.63, 3.8) is 0 Å². The molecule has 0 aliphatic carbocycles. The van der Waals surface area contributed by atoms with Gasteiger partial charge in [-0.2, -0.15) is 35.4 Å². The molecule has 0 unspecified atom stereocenters. The Bertz CT molecular complexity index is 562. The van der Waals surface area contributed by atoms with Crippen LogP contribution in [0.25, 0.3) is 0 Å². The van der Waals surface area contributed by atoms with Crippen LogP contribution < -0.4 is 0 Å². The van der Waals surface area contributed by atoms with Crippen LogP contribution in [0.15, 0.2) is 18.2 Å². The molecule has 0 aliphatic rings. The van der Waals surface area contributed by atoms with Gasteiger partial charge < -0.3 is 13.2 Å². The maximum atomic E-state index is 9.58. The van der Waals surface area contributed by atoms with Crippen molar-refractivity contribution in [3.8, 4) is 0 Å². The third-order valence-corrected chi connectivity index (χ3v) is 12.7. The first-order valence-corrected chi connectivity index (χ1v) is 15.8. The van der Waals surface area contributed by atoms with Gasteiger partial charge in [0.2, 0.25) is 0 Å². The van der Waals surface area contributed by atoms with Gasteiger partial charge >= 0.3 is 27.0 Å². The first kappa shape index (κ1) is 34.9. The zero-order valence-electron chi connectivity index (χ0n) is 21.9. The number of benzene rings is 1. The van der Waals surface area contributed by atoms with Crippen LogP contribution >= 0.6 is 25.5 Å². The molecule has 1 aromatic carbocycles. The predicted octanol–water partition coefficient (Wildman–Crippen LogP) is 10.7. The van der Waals surface area contributed by atoms with Gasteiger partial charge in [-0.3, -0.25) is 0 Å². The standard InChI is InChI=1S/C24H43P2.CF3.ClH.Rh/c1-21(2,3)25(22(4,5)6)17-19-14-13-15-20(16-19)18-26(23(7,8)9)24(10,11)12;2-1(3)4;;/h14-16H,17-18H2,1-12H3;;1H;/q2*-1;;+3/p-1. The fourth-order valence-corrected chi connectivity index (χ4v) is 11.1. The van der Waals surface area contributed by atoms with Crippen LogP contribution in [0.5, 0.6) is 0 Å². The van der Waals surface area contributed by atoms with Gasteiger partial charge in [-0.05, 0) is 20.6 Å². The molecule has 0 bridgehead atoms. The van der Waals surface area contributed by atoms with E-state index in [1.54, 1.807) is 0 Å². The van der Waals surface area contributed by atoms with Crippen LogP contribution in [0.1, 0.15) is 94.2 Å². The Hall–Kier alpha value is 0.783. The molecule has 0 nitrogen and oxygen atoms in total. The molecule has 0 radical (unpaired) electrons. The molecule has 32 heavy (non-hydrogen) atoms. The fraction of sp³-hybridized carbons (Fsp3) is 0.720. The van der Waals surface area contributed by atoms with E-state index in [2.05, 4.69) is 117 Å². The van der Waals surface area contributed by atoms with E-state index < -0.39 is 6.68 Å². The second kappa shape index (κ2) is 14.4. The van der Waals surface area contributed by atoms with Crippen molar-refractivity contribution < 1.29 is 30.5 Å². The third kappa shape index (κ3) is 14.9. The van der Waals surface area contributed by atoms with Gasteiger partial charge in [0.05, 0.1) is 0 Å². The summed E-state index contributed by atoms with van der Waals surface area (Å²) in [7, 11) is 4.31. The van der Waals surface area contributed by atoms with E-state index in [0.717, 1.165) is 0 Å². The monoisotopic (exact) mass is 600 g/mol. The Morgan fingerprint density at radius 1 is 0.688 bits per heavy atom. The molecule has 0 aliphatic heterocycles. The minimum absolute atomic E-state index is 0.112. The van der Waals surface area contributed by atoms with Crippen LogP contribution in [0, 0.1) is 12.7 Å². The van der Waals surface area contributed by atoms with Crippen LogP contribution in [0.3, 0.4) is 0 Å². The number of hydrogen-bond acceptors (Lipinski definition) is 0. The van der Waals surface area contributed by atoms with Crippen molar-refractivity contribution in [2.45, 2.75) is 116 Å². The molecule has 190 valence electrons. The Balaban J connectivity index is 0. The van der Waals surface area contributed by atoms with Gasteiger partial charge in [-0.1, -0.05) is 95.4 Å². The van der Waals surface area contributed by atoms with E-state index in [-0.39, 0.29) is 15.8 Å². The average Bonchev–Trinajstić information content (AvgIpc) is 2.55. The Labute approximate surface area is 213 Å². The van der Waals surface area contributed by atoms with Crippen molar-refractivity contribution in [3.05, 3.63) is 42.1 Å². The molecule has 1 aromatic rings. The summed E-state index contributed by atoms with van der Waals surface area (Å²) in [6.45, 7) is 25.9. The van der Waals surface area contributed by atoms with Crippen LogP contribution in [-0.2, 0) is 29.6 Å². The van der Waals surface area contributed by atoms with E-state index in [1.165, 1.54) is 23.5 Å². The molecule has 0 aromatic heterocycles. The molecule has 0 fully saturated rings. The summed E-state index contributed by atoms with van der Waals surface area (Å²) in [6.07, 6.45) is 2.41. The quantitative estimate of drug-likeness (QED) is 0.183. The molecule has 0 saturated heterocycles. The first-order valence-electron chi connectivity index (χ1n) is 10.7. The second-order valence-electron chi connectivity index (χ2n) is 11.8. The summed E-state index contributed by atoms with van der Waals surface area (Å²) < 4.78 is 28.8. The van der Waals surface area contributed by atoms with Crippen LogP contribution in [0.2, 0.25) is 0 Å². The van der Waals surface area contributed by atoms with Crippen molar-refractivity contribution in [1.29, 1.82) is 0 Å². The summed E-state index contributed by atoms with van der Waals surface area (Å²) in [5.41, 5.74) is 2.97. The fourth-order valence-electron chi connectivity index (χ4n) is 4.09. The molecule has 1 rings (SSSR count). The summed E-state index contributed by atoms with van der Waals surface area (Å²) in [5, 5.41) is 1.47. The number of halogens is 4. The average molecular weight is 601 g/mol. The SMILES string of the molecule is CC(C)(C)P(Cc1c[c-]cc(CP(C(C)(C)C)C(C)(C)C)c1)C(C)(C)C.F[C-](F)F.[Cl][Rh+2]. The molecule has 0 spiro atoms. The maximum absolute atomic E-state index is 9.58. The van der Waals surface area contributed by atoms with Gasteiger partial charge in [0.1, 0.15) is 0 Å². The minimum atomic E-state index is -3.08. The normalized spacial score (nSPS) is 13.0. The van der Waals surface area contributed by atoms with Crippen molar-refractivity contribution in [2.24, 2.45) is 0 Å². The topological polar surface area (TPSA) is 0 Å². The van der Waals surface area contributed by atoms with Gasteiger partial charge in [0.15, 0.2) is 6.68 Å². The van der Waals surface area contributed by atoms with E-state index >= 15 is 0 Å². The van der Waals surface area contributed by atoms with E-state index in [1.807, 2.05) is 17.3 Å². The Morgan fingerprint density at radius 3 is 1.09 bits per heavy atom. The van der Waals surface area contributed by atoms with Gasteiger partial charge in [-0.25, -0.2) is 0 Å². The molecular weight excluding hydrogens is 558 g/mol. The second-order valence-corrected chi connectivity index (χ2v) is 19.5. The first-order chi connectivity index (χ1) is 14.2. The van der Waals surface area contributed by atoms with Crippen LogP contribution in [-0.4, -0.2) is 20.6 Å². The van der Waals surface area contributed by atoms with Gasteiger partial charge in [0, 0.05) is 0 Å². The van der Waals surface area contributed by atoms with Gasteiger partial charge in [-0.15, -0.1) is 15.8 Å². The molecule has 7 heteroatoms. The summed E-state index contributed by atoms with van der Waals surface area (Å²) in [5.74, 6) is 0. The summed E-state index contributed by atoms with van der Waals surface area (Å²) >= 11 is 2.02. The molecule has 0 N–H and O–H groups in total. The third-order valence-electron chi connectivity index (χ3n) is 4.83. The summed E-state index contributed by atoms with van der Waals surface area (Å²) in [6, 6.07) is 10.4. The molecular formula is C25H43ClF3P2Rh. The Morgan fingerprint density at radius 2 is 0.906 bits per heavy atom. The van der Waals surface area contributed by atoms with Crippen molar-refractivity contribution in [1.82, 2.24) is 0 Å². The van der Waals surface area contributed by atoms with Gasteiger partial charge in [0.25, 0.3) is 0 Å². The van der Waals surface area contributed by atoms with E-state index in [9.17, 15) is 13.2 Å². The zero-order chi connectivity index (χ0) is 26.1.